The van der Waals surface area contributed by atoms with Gasteiger partial charge in [-0.1, -0.05) is 6.92 Å². The summed E-state index contributed by atoms with van der Waals surface area (Å²) in [5.41, 5.74) is 0.856. The van der Waals surface area contributed by atoms with Crippen LogP contribution in [0.3, 0.4) is 0 Å². The fraction of sp³-hybridized carbons (Fsp3) is 0.571. The van der Waals surface area contributed by atoms with Crippen LogP contribution < -0.4 is 14.8 Å². The zero-order valence-corrected chi connectivity index (χ0v) is 16.1. The molecule has 3 fully saturated rings. The molecule has 1 spiro atoms. The van der Waals surface area contributed by atoms with Crippen LogP contribution in [-0.4, -0.2) is 41.1 Å². The van der Waals surface area contributed by atoms with E-state index in [4.69, 9.17) is 9.47 Å². The zero-order chi connectivity index (χ0) is 19.7. The number of fused-ring (bicyclic) bond motifs is 2. The van der Waals surface area contributed by atoms with Gasteiger partial charge < -0.3 is 14.8 Å². The Bertz CT molecular complexity index is 926. The van der Waals surface area contributed by atoms with Crippen molar-refractivity contribution >= 4 is 11.9 Å². The predicted octanol–water partition coefficient (Wildman–Crippen LogP) is 2.61. The summed E-state index contributed by atoms with van der Waals surface area (Å²) in [6, 6.07) is 5.31. The Balaban J connectivity index is 1.32. The van der Waals surface area contributed by atoms with E-state index in [-0.39, 0.29) is 29.5 Å². The van der Waals surface area contributed by atoms with E-state index in [2.05, 4.69) is 11.4 Å². The highest BCUT2D eigenvalue weighted by Gasteiger charge is 2.54. The largest absolute Gasteiger partial charge is 0.492 e. The monoisotopic (exact) mass is 381 g/mol. The van der Waals surface area contributed by atoms with Crippen LogP contribution in [0.1, 0.15) is 57.1 Å². The molecule has 5 rings (SSSR count). The molecule has 146 valence electrons. The average molecular weight is 381 g/mol. The van der Waals surface area contributed by atoms with Gasteiger partial charge in [0.05, 0.1) is 18.2 Å². The van der Waals surface area contributed by atoms with Gasteiger partial charge in [0.1, 0.15) is 23.1 Å². The molecule has 1 saturated heterocycles. The third-order valence-electron chi connectivity index (χ3n) is 6.81. The molecule has 1 aromatic rings. The lowest BCUT2D eigenvalue weighted by atomic mass is 9.86. The summed E-state index contributed by atoms with van der Waals surface area (Å²) in [6.07, 6.45) is 3.86. The first-order valence-corrected chi connectivity index (χ1v) is 9.93. The molecule has 7 nitrogen and oxygen atoms in total. The van der Waals surface area contributed by atoms with Gasteiger partial charge in [-0.2, -0.15) is 5.26 Å². The molecule has 1 atom stereocenters. The molecule has 28 heavy (non-hydrogen) atoms. The molecule has 0 aromatic heterocycles. The standard InChI is InChI=1S/C21H23N3O4/c1-3-20(2)18(25)24(19(26)23-20)13-8-14(9-13)28-16-7-12(10-22)6-15-17(16)21(4-5-21)11-27-15/h6-7,13-14H,3-5,8-9,11H2,1-2H3,(H,23,26)/t13?,14?,20-/m0/s1. The second kappa shape index (κ2) is 5.63. The summed E-state index contributed by atoms with van der Waals surface area (Å²) in [5, 5.41) is 12.1. The highest BCUT2D eigenvalue weighted by Crippen LogP contribution is 2.59. The van der Waals surface area contributed by atoms with Crippen LogP contribution in [0.25, 0.3) is 0 Å². The maximum Gasteiger partial charge on any atom is 0.325 e. The molecule has 1 aromatic carbocycles. The highest BCUT2D eigenvalue weighted by atomic mass is 16.5. The molecule has 3 amide bonds. The Morgan fingerprint density at radius 1 is 1.36 bits per heavy atom. The van der Waals surface area contributed by atoms with Gasteiger partial charge >= 0.3 is 6.03 Å². The molecule has 2 aliphatic heterocycles. The summed E-state index contributed by atoms with van der Waals surface area (Å²) in [4.78, 5) is 26.3. The number of ether oxygens (including phenoxy) is 2. The quantitative estimate of drug-likeness (QED) is 0.810. The van der Waals surface area contributed by atoms with Crippen molar-refractivity contribution in [3.63, 3.8) is 0 Å². The number of amides is 3. The van der Waals surface area contributed by atoms with Gasteiger partial charge in [0.15, 0.2) is 0 Å². The highest BCUT2D eigenvalue weighted by molar-refractivity contribution is 6.07. The second-order valence-electron chi connectivity index (χ2n) is 8.68. The van der Waals surface area contributed by atoms with E-state index in [1.165, 1.54) is 4.90 Å². The first kappa shape index (κ1) is 17.4. The van der Waals surface area contributed by atoms with Crippen molar-refractivity contribution in [3.05, 3.63) is 23.3 Å². The van der Waals surface area contributed by atoms with E-state index in [1.807, 2.05) is 6.92 Å². The van der Waals surface area contributed by atoms with E-state index >= 15 is 0 Å². The first-order chi connectivity index (χ1) is 13.4. The SMILES string of the molecule is CC[C@]1(C)NC(=O)N(C2CC(Oc3cc(C#N)cc4c3C3(CC3)CO4)C2)C1=O. The lowest BCUT2D eigenvalue weighted by Gasteiger charge is -2.40. The lowest BCUT2D eigenvalue weighted by Crippen LogP contribution is -2.52. The number of nitrogens with zero attached hydrogens (tertiary/aromatic N) is 2. The third-order valence-corrected chi connectivity index (χ3v) is 6.81. The number of nitrogens with one attached hydrogen (secondary N) is 1. The van der Waals surface area contributed by atoms with E-state index < -0.39 is 5.54 Å². The minimum absolute atomic E-state index is 0.0511. The van der Waals surface area contributed by atoms with Gasteiger partial charge in [0.2, 0.25) is 0 Å². The van der Waals surface area contributed by atoms with Gasteiger partial charge in [-0.25, -0.2) is 4.79 Å². The minimum atomic E-state index is -0.805. The molecule has 2 saturated carbocycles. The number of hydrogen-bond acceptors (Lipinski definition) is 5. The van der Waals surface area contributed by atoms with Crippen molar-refractivity contribution < 1.29 is 19.1 Å². The molecule has 7 heteroatoms. The fourth-order valence-electron chi connectivity index (χ4n) is 4.52. The normalized spacial score (nSPS) is 31.7. The molecule has 1 N–H and O–H groups in total. The molecular weight excluding hydrogens is 358 g/mol. The third kappa shape index (κ3) is 2.33. The zero-order valence-electron chi connectivity index (χ0n) is 16.1. The van der Waals surface area contributed by atoms with Gasteiger partial charge in [-0.15, -0.1) is 0 Å². The summed E-state index contributed by atoms with van der Waals surface area (Å²) in [7, 11) is 0. The Morgan fingerprint density at radius 3 is 2.71 bits per heavy atom. The molecule has 0 unspecified atom stereocenters. The molecule has 0 radical (unpaired) electrons. The number of urea groups is 1. The molecule has 2 aliphatic carbocycles. The van der Waals surface area contributed by atoms with Crippen LogP contribution in [0.2, 0.25) is 0 Å². The van der Waals surface area contributed by atoms with Crippen LogP contribution in [0.4, 0.5) is 4.79 Å². The fourth-order valence-corrected chi connectivity index (χ4v) is 4.52. The van der Waals surface area contributed by atoms with E-state index in [0.717, 1.165) is 29.9 Å². The van der Waals surface area contributed by atoms with Crippen molar-refractivity contribution in [2.45, 2.75) is 69.1 Å². The number of imide groups is 1. The number of benzene rings is 1. The van der Waals surface area contributed by atoms with Crippen molar-refractivity contribution in [2.24, 2.45) is 0 Å². The van der Waals surface area contributed by atoms with Gasteiger partial charge in [-0.3, -0.25) is 9.69 Å². The topological polar surface area (TPSA) is 91.7 Å². The number of carbonyl (C=O) groups excluding carboxylic acids is 2. The Kier molecular flexibility index (Phi) is 3.49. The van der Waals surface area contributed by atoms with Crippen LogP contribution in [0.5, 0.6) is 11.5 Å². The number of nitriles is 1. The summed E-state index contributed by atoms with van der Waals surface area (Å²) in [5.74, 6) is 1.33. The van der Waals surface area contributed by atoms with Crippen LogP contribution >= 0.6 is 0 Å². The van der Waals surface area contributed by atoms with E-state index in [0.29, 0.717) is 31.4 Å². The van der Waals surface area contributed by atoms with Gasteiger partial charge in [-0.05, 0) is 38.3 Å². The first-order valence-electron chi connectivity index (χ1n) is 9.93. The van der Waals surface area contributed by atoms with Crippen molar-refractivity contribution in [1.82, 2.24) is 10.2 Å². The molecule has 4 aliphatic rings. The maximum absolute atomic E-state index is 12.6. The van der Waals surface area contributed by atoms with Crippen molar-refractivity contribution in [1.29, 1.82) is 5.26 Å². The minimum Gasteiger partial charge on any atom is -0.492 e. The van der Waals surface area contributed by atoms with E-state index in [9.17, 15) is 14.9 Å². The van der Waals surface area contributed by atoms with Crippen LogP contribution in [-0.2, 0) is 10.2 Å². The van der Waals surface area contributed by atoms with Crippen molar-refractivity contribution in [2.75, 3.05) is 6.61 Å². The predicted molar refractivity (Wildman–Crippen MR) is 99.1 cm³/mol. The van der Waals surface area contributed by atoms with E-state index in [1.54, 1.807) is 19.1 Å². The van der Waals surface area contributed by atoms with Gasteiger partial charge in [0, 0.05) is 29.9 Å². The van der Waals surface area contributed by atoms with Crippen LogP contribution in [0.15, 0.2) is 12.1 Å². The maximum atomic E-state index is 12.6. The molecular formula is C21H23N3O4. The lowest BCUT2D eigenvalue weighted by molar-refractivity contribution is -0.135. The smallest absolute Gasteiger partial charge is 0.325 e. The Labute approximate surface area is 163 Å². The number of hydrogen-bond donors (Lipinski definition) is 1. The average Bonchev–Trinajstić information content (AvgIpc) is 3.28. The molecule has 2 heterocycles. The number of rotatable bonds is 4. The second-order valence-corrected chi connectivity index (χ2v) is 8.68. The van der Waals surface area contributed by atoms with Crippen LogP contribution in [0, 0.1) is 11.3 Å². The van der Waals surface area contributed by atoms with Gasteiger partial charge in [0.25, 0.3) is 5.91 Å². The molecule has 0 bridgehead atoms. The Hall–Kier alpha value is -2.75. The summed E-state index contributed by atoms with van der Waals surface area (Å²) < 4.78 is 12.1. The van der Waals surface area contributed by atoms with Crippen molar-refractivity contribution in [3.8, 4) is 17.6 Å². The Morgan fingerprint density at radius 2 is 2.11 bits per heavy atom. The summed E-state index contributed by atoms with van der Waals surface area (Å²) >= 11 is 0. The summed E-state index contributed by atoms with van der Waals surface area (Å²) in [6.45, 7) is 4.32. The number of carbonyl (C=O) groups is 2.